The summed E-state index contributed by atoms with van der Waals surface area (Å²) >= 11 is 0. The van der Waals surface area contributed by atoms with Crippen LogP contribution >= 0.6 is 0 Å². The predicted octanol–water partition coefficient (Wildman–Crippen LogP) is 12.2. The molecule has 6 heteroatoms. The molecule has 0 bridgehead atoms. The molecule has 2 saturated heterocycles. The first kappa shape index (κ1) is 37.7. The van der Waals surface area contributed by atoms with Crippen molar-refractivity contribution < 1.29 is 18.9 Å². The van der Waals surface area contributed by atoms with Crippen LogP contribution < -0.4 is 9.80 Å². The van der Waals surface area contributed by atoms with Gasteiger partial charge < -0.3 is 28.7 Å². The fourth-order valence-electron chi connectivity index (χ4n) is 7.56. The van der Waals surface area contributed by atoms with E-state index in [4.69, 9.17) is 18.9 Å². The Morgan fingerprint density at radius 2 is 0.786 bits per heavy atom. The molecule has 0 radical (unpaired) electrons. The molecule has 56 heavy (non-hydrogen) atoms. The molecule has 0 spiro atoms. The van der Waals surface area contributed by atoms with Crippen LogP contribution in [0.25, 0.3) is 11.1 Å². The number of nitrogens with zero attached hydrogens (tertiary/aromatic N) is 2. The second-order valence-corrected chi connectivity index (χ2v) is 15.5. The lowest BCUT2D eigenvalue weighted by molar-refractivity contribution is -0.152. The van der Waals surface area contributed by atoms with E-state index >= 15 is 0 Å². The van der Waals surface area contributed by atoms with E-state index in [1.165, 1.54) is 0 Å². The Balaban J connectivity index is 1.01. The van der Waals surface area contributed by atoms with E-state index in [9.17, 15) is 0 Å². The Kier molecular flexibility index (Phi) is 11.6. The highest BCUT2D eigenvalue weighted by Gasteiger charge is 2.37. The monoisotopic (exact) mass is 744 g/mol. The van der Waals surface area contributed by atoms with Gasteiger partial charge in [0, 0.05) is 45.0 Å². The lowest BCUT2D eigenvalue weighted by Crippen LogP contribution is -2.45. The molecule has 6 aromatic carbocycles. The maximum atomic E-state index is 6.23. The van der Waals surface area contributed by atoms with Crippen LogP contribution in [0.1, 0.15) is 37.8 Å². The molecular formula is C50H52N2O4. The Morgan fingerprint density at radius 3 is 1.12 bits per heavy atom. The normalized spacial score (nSPS) is 15.4. The van der Waals surface area contributed by atoms with Gasteiger partial charge in [0.1, 0.15) is 0 Å². The minimum atomic E-state index is 0.169. The fraction of sp³-hybridized carbons (Fsp3) is 0.280. The number of hydrogen-bond donors (Lipinski definition) is 0. The van der Waals surface area contributed by atoms with E-state index < -0.39 is 0 Å². The van der Waals surface area contributed by atoms with Crippen molar-refractivity contribution in [2.75, 3.05) is 49.4 Å². The third-order valence-corrected chi connectivity index (χ3v) is 11.4. The highest BCUT2D eigenvalue weighted by atomic mass is 16.5. The van der Waals surface area contributed by atoms with Crippen molar-refractivity contribution in [1.82, 2.24) is 0 Å². The number of ether oxygens (including phenoxy) is 4. The number of anilines is 6. The third-order valence-electron chi connectivity index (χ3n) is 11.4. The summed E-state index contributed by atoms with van der Waals surface area (Å²) in [7, 11) is 0. The smallest absolute Gasteiger partial charge is 0.0717 e. The summed E-state index contributed by atoms with van der Waals surface area (Å²) in [6.07, 6.45) is 2.14. The second-order valence-electron chi connectivity index (χ2n) is 15.5. The summed E-state index contributed by atoms with van der Waals surface area (Å²) in [5, 5.41) is 0. The van der Waals surface area contributed by atoms with Crippen molar-refractivity contribution in [3.8, 4) is 11.1 Å². The molecule has 286 valence electrons. The van der Waals surface area contributed by atoms with Crippen LogP contribution in [0.5, 0.6) is 0 Å². The summed E-state index contributed by atoms with van der Waals surface area (Å²) < 4.78 is 23.5. The summed E-state index contributed by atoms with van der Waals surface area (Å²) in [6.45, 7) is 10.2. The van der Waals surface area contributed by atoms with Crippen LogP contribution in [0.2, 0.25) is 0 Å². The van der Waals surface area contributed by atoms with Gasteiger partial charge in [0.15, 0.2) is 0 Å². The molecule has 0 aromatic heterocycles. The van der Waals surface area contributed by atoms with Crippen molar-refractivity contribution >= 4 is 34.1 Å². The Hall–Kier alpha value is -5.24. The van der Waals surface area contributed by atoms with Gasteiger partial charge >= 0.3 is 0 Å². The van der Waals surface area contributed by atoms with Gasteiger partial charge in [-0.15, -0.1) is 0 Å². The van der Waals surface area contributed by atoms with Crippen LogP contribution in [-0.2, 0) is 32.2 Å². The zero-order valence-electron chi connectivity index (χ0n) is 32.6. The van der Waals surface area contributed by atoms with E-state index in [2.05, 4.69) is 181 Å². The lowest BCUT2D eigenvalue weighted by atomic mass is 9.84. The molecule has 2 fully saturated rings. The van der Waals surface area contributed by atoms with E-state index in [1.54, 1.807) is 0 Å². The molecule has 0 aliphatic carbocycles. The van der Waals surface area contributed by atoms with Crippen LogP contribution in [0.3, 0.4) is 0 Å². The first-order chi connectivity index (χ1) is 27.6. The molecule has 0 N–H and O–H groups in total. The molecule has 6 aromatic rings. The van der Waals surface area contributed by atoms with Gasteiger partial charge in [-0.3, -0.25) is 0 Å². The molecule has 0 amide bonds. The minimum absolute atomic E-state index is 0.169. The predicted molar refractivity (Wildman–Crippen MR) is 228 cm³/mol. The van der Waals surface area contributed by atoms with Crippen LogP contribution in [-0.4, -0.2) is 39.6 Å². The maximum absolute atomic E-state index is 6.23. The number of benzene rings is 6. The van der Waals surface area contributed by atoms with Crippen LogP contribution in [0, 0.1) is 10.8 Å². The van der Waals surface area contributed by atoms with Crippen molar-refractivity contribution in [3.63, 3.8) is 0 Å². The SMILES string of the molecule is CCC1(COCc2cccc(N(c3ccccc3)c3ccc(-c4ccc(N(c5ccccc5)c5cccc(COCC6(CC)COC6)c5)cc4)cc3)c2)COC1. The zero-order chi connectivity index (χ0) is 38.2. The quantitative estimate of drug-likeness (QED) is 0.0926. The van der Waals surface area contributed by atoms with Gasteiger partial charge in [-0.25, -0.2) is 0 Å². The van der Waals surface area contributed by atoms with Gasteiger partial charge in [0.2, 0.25) is 0 Å². The largest absolute Gasteiger partial charge is 0.380 e. The van der Waals surface area contributed by atoms with Crippen molar-refractivity contribution in [1.29, 1.82) is 0 Å². The van der Waals surface area contributed by atoms with Crippen molar-refractivity contribution in [3.05, 3.63) is 169 Å². The molecular weight excluding hydrogens is 693 g/mol. The molecule has 8 rings (SSSR count). The van der Waals surface area contributed by atoms with Gasteiger partial charge in [-0.1, -0.05) is 98.8 Å². The van der Waals surface area contributed by atoms with E-state index in [0.29, 0.717) is 13.2 Å². The maximum Gasteiger partial charge on any atom is 0.0717 e. The highest BCUT2D eigenvalue weighted by Crippen LogP contribution is 2.39. The highest BCUT2D eigenvalue weighted by molar-refractivity contribution is 5.81. The molecule has 0 unspecified atom stereocenters. The topological polar surface area (TPSA) is 43.4 Å². The summed E-state index contributed by atoms with van der Waals surface area (Å²) in [5.74, 6) is 0. The number of para-hydroxylation sites is 2. The minimum Gasteiger partial charge on any atom is -0.380 e. The number of rotatable bonds is 17. The third kappa shape index (κ3) is 8.45. The Labute approximate surface area is 332 Å². The zero-order valence-corrected chi connectivity index (χ0v) is 32.6. The lowest BCUT2D eigenvalue weighted by Gasteiger charge is -2.40. The van der Waals surface area contributed by atoms with E-state index in [-0.39, 0.29) is 10.8 Å². The molecule has 0 atom stereocenters. The van der Waals surface area contributed by atoms with Crippen LogP contribution in [0.15, 0.2) is 158 Å². The Morgan fingerprint density at radius 1 is 0.429 bits per heavy atom. The average Bonchev–Trinajstić information content (AvgIpc) is 3.22. The Bertz CT molecular complexity index is 1980. The van der Waals surface area contributed by atoms with E-state index in [0.717, 1.165) is 109 Å². The molecule has 0 saturated carbocycles. The summed E-state index contributed by atoms with van der Waals surface area (Å²) in [6, 6.07) is 56.2. The first-order valence-electron chi connectivity index (χ1n) is 20.0. The standard InChI is InChI=1S/C50H52N2O4/c1-3-49(35-55-36-49)33-53-31-39-13-11-19-47(29-39)51(43-15-7-5-8-16-43)45-25-21-41(22-26-45)42-23-27-46(28-24-42)52(44-17-9-6-10-18-44)48-20-12-14-40(30-48)32-54-34-50(4-2)37-56-38-50/h5-30H,3-4,31-38H2,1-2H3. The molecule has 2 heterocycles. The van der Waals surface area contributed by atoms with Gasteiger partial charge in [-0.2, -0.15) is 0 Å². The van der Waals surface area contributed by atoms with Gasteiger partial charge in [-0.05, 0) is 108 Å². The van der Waals surface area contributed by atoms with Crippen LogP contribution in [0.4, 0.5) is 34.1 Å². The van der Waals surface area contributed by atoms with Crippen molar-refractivity contribution in [2.45, 2.75) is 39.9 Å². The number of hydrogen-bond acceptors (Lipinski definition) is 6. The first-order valence-corrected chi connectivity index (χ1v) is 20.0. The van der Waals surface area contributed by atoms with Gasteiger partial charge in [0.25, 0.3) is 0 Å². The summed E-state index contributed by atoms with van der Waals surface area (Å²) in [4.78, 5) is 4.62. The van der Waals surface area contributed by atoms with Gasteiger partial charge in [0.05, 0.1) is 52.9 Å². The molecule has 2 aliphatic rings. The average molecular weight is 745 g/mol. The fourth-order valence-corrected chi connectivity index (χ4v) is 7.56. The molecule has 6 nitrogen and oxygen atoms in total. The summed E-state index contributed by atoms with van der Waals surface area (Å²) in [5.41, 5.74) is 11.6. The molecule has 2 aliphatic heterocycles. The van der Waals surface area contributed by atoms with E-state index in [1.807, 2.05) is 0 Å². The van der Waals surface area contributed by atoms with Crippen molar-refractivity contribution in [2.24, 2.45) is 10.8 Å². The second kappa shape index (κ2) is 17.3.